The van der Waals surface area contributed by atoms with E-state index in [1.54, 1.807) is 0 Å². The van der Waals surface area contributed by atoms with Crippen LogP contribution in [0.5, 0.6) is 0 Å². The first-order valence-electron chi connectivity index (χ1n) is 3.84. The molecular formula is C7H12N2O3. The van der Waals surface area contributed by atoms with Crippen molar-refractivity contribution < 1.29 is 4.52 Å². The van der Waals surface area contributed by atoms with Crippen LogP contribution in [-0.2, 0) is 0 Å². The van der Waals surface area contributed by atoms with E-state index in [4.69, 9.17) is 0 Å². The molecule has 0 aliphatic carbocycles. The maximum atomic E-state index is 11.0. The molecule has 0 aliphatic rings. The van der Waals surface area contributed by atoms with Crippen LogP contribution in [-0.4, -0.2) is 9.72 Å². The minimum atomic E-state index is -0.701. The third kappa shape index (κ3) is 1.49. The smallest absolute Gasteiger partial charge is 0.317 e. The molecule has 0 aromatic carbocycles. The van der Waals surface area contributed by atoms with E-state index in [2.05, 4.69) is 4.52 Å². The fourth-order valence-electron chi connectivity index (χ4n) is 0.835. The van der Waals surface area contributed by atoms with Crippen molar-refractivity contribution in [2.75, 3.05) is 0 Å². The maximum Gasteiger partial charge on any atom is 0.440 e. The van der Waals surface area contributed by atoms with E-state index in [9.17, 15) is 9.59 Å². The normalized spacial score (nSPS) is 13.7. The number of aromatic nitrogens is 2. The van der Waals surface area contributed by atoms with Crippen LogP contribution in [0.1, 0.15) is 26.8 Å². The Bertz CT molecular complexity index is 357. The van der Waals surface area contributed by atoms with Gasteiger partial charge in [-0.2, -0.15) is 0 Å². The van der Waals surface area contributed by atoms with Crippen molar-refractivity contribution in [3.05, 3.63) is 21.0 Å². The standard InChI is InChI=1S/C7H12N2O3/c1-4(2)5(3)9-6(10)8-7(11)12-9/h4-5H,1-3H3,(H,8,10,11). The second kappa shape index (κ2) is 3.00. The van der Waals surface area contributed by atoms with Crippen LogP contribution >= 0.6 is 0 Å². The van der Waals surface area contributed by atoms with Gasteiger partial charge in [0.05, 0.1) is 6.04 Å². The van der Waals surface area contributed by atoms with E-state index < -0.39 is 11.4 Å². The fourth-order valence-corrected chi connectivity index (χ4v) is 0.835. The van der Waals surface area contributed by atoms with Crippen molar-refractivity contribution in [2.45, 2.75) is 26.8 Å². The van der Waals surface area contributed by atoms with Crippen LogP contribution in [0.2, 0.25) is 0 Å². The van der Waals surface area contributed by atoms with Crippen molar-refractivity contribution >= 4 is 0 Å². The zero-order chi connectivity index (χ0) is 9.30. The number of aromatic amines is 1. The van der Waals surface area contributed by atoms with Gasteiger partial charge in [0.1, 0.15) is 0 Å². The molecule has 1 aromatic rings. The molecule has 0 bridgehead atoms. The van der Waals surface area contributed by atoms with Gasteiger partial charge in [-0.15, -0.1) is 4.74 Å². The Labute approximate surface area is 69.0 Å². The lowest BCUT2D eigenvalue weighted by Crippen LogP contribution is -2.23. The molecule has 0 saturated heterocycles. The van der Waals surface area contributed by atoms with Crippen LogP contribution < -0.4 is 11.4 Å². The Hall–Kier alpha value is -1.26. The fraction of sp³-hybridized carbons (Fsp3) is 0.714. The molecule has 0 spiro atoms. The van der Waals surface area contributed by atoms with Crippen LogP contribution in [0, 0.1) is 5.92 Å². The van der Waals surface area contributed by atoms with Crippen LogP contribution in [0.3, 0.4) is 0 Å². The second-order valence-corrected chi connectivity index (χ2v) is 3.12. The summed E-state index contributed by atoms with van der Waals surface area (Å²) < 4.78 is 5.69. The summed E-state index contributed by atoms with van der Waals surface area (Å²) in [5.74, 6) is -0.450. The van der Waals surface area contributed by atoms with Crippen LogP contribution in [0.15, 0.2) is 14.1 Å². The van der Waals surface area contributed by atoms with Gasteiger partial charge in [0.2, 0.25) is 0 Å². The molecule has 1 rings (SSSR count). The molecule has 0 fully saturated rings. The van der Waals surface area contributed by atoms with Gasteiger partial charge in [-0.1, -0.05) is 13.8 Å². The van der Waals surface area contributed by atoms with Gasteiger partial charge in [0, 0.05) is 0 Å². The quantitative estimate of drug-likeness (QED) is 0.699. The van der Waals surface area contributed by atoms with Gasteiger partial charge >= 0.3 is 11.4 Å². The lowest BCUT2D eigenvalue weighted by atomic mass is 10.1. The summed E-state index contributed by atoms with van der Waals surface area (Å²) in [4.78, 5) is 23.6. The monoisotopic (exact) mass is 172 g/mol. The predicted octanol–water partition coefficient (Wildman–Crippen LogP) is 0.347. The van der Waals surface area contributed by atoms with Gasteiger partial charge < -0.3 is 4.52 Å². The molecule has 1 N–H and O–H groups in total. The highest BCUT2D eigenvalue weighted by molar-refractivity contribution is 4.65. The SMILES string of the molecule is CC(C)C(C)n1oc(=O)[nH]c1=O. The average molecular weight is 172 g/mol. The van der Waals surface area contributed by atoms with Crippen molar-refractivity contribution in [3.63, 3.8) is 0 Å². The number of rotatable bonds is 2. The molecule has 0 radical (unpaired) electrons. The highest BCUT2D eigenvalue weighted by Gasteiger charge is 2.14. The molecular weight excluding hydrogens is 160 g/mol. The van der Waals surface area contributed by atoms with E-state index in [0.29, 0.717) is 0 Å². The Morgan fingerprint density at radius 2 is 1.92 bits per heavy atom. The van der Waals surface area contributed by atoms with Crippen molar-refractivity contribution in [2.24, 2.45) is 5.92 Å². The minimum Gasteiger partial charge on any atom is -0.317 e. The topological polar surface area (TPSA) is 68.0 Å². The molecule has 1 heterocycles. The Morgan fingerprint density at radius 3 is 2.25 bits per heavy atom. The van der Waals surface area contributed by atoms with E-state index in [0.717, 1.165) is 4.74 Å². The van der Waals surface area contributed by atoms with Gasteiger partial charge in [-0.3, -0.25) is 0 Å². The highest BCUT2D eigenvalue weighted by atomic mass is 16.5. The molecule has 12 heavy (non-hydrogen) atoms. The summed E-state index contributed by atoms with van der Waals surface area (Å²) in [5.41, 5.74) is -0.485. The number of H-pyrrole nitrogens is 1. The first kappa shape index (κ1) is 8.83. The molecule has 5 heteroatoms. The van der Waals surface area contributed by atoms with Crippen molar-refractivity contribution in [1.29, 1.82) is 0 Å². The van der Waals surface area contributed by atoms with E-state index in [1.807, 2.05) is 25.8 Å². The molecule has 1 atom stereocenters. The molecule has 68 valence electrons. The summed E-state index contributed by atoms with van der Waals surface area (Å²) in [5, 5.41) is 0. The highest BCUT2D eigenvalue weighted by Crippen LogP contribution is 2.12. The van der Waals surface area contributed by atoms with Gasteiger partial charge in [0.15, 0.2) is 0 Å². The van der Waals surface area contributed by atoms with Crippen molar-refractivity contribution in [1.82, 2.24) is 9.72 Å². The number of hydrogen-bond donors (Lipinski definition) is 1. The predicted molar refractivity (Wildman–Crippen MR) is 43.1 cm³/mol. The summed E-state index contributed by atoms with van der Waals surface area (Å²) in [6, 6.07) is -0.101. The number of nitrogens with one attached hydrogen (secondary N) is 1. The van der Waals surface area contributed by atoms with Gasteiger partial charge in [-0.25, -0.2) is 14.6 Å². The average Bonchev–Trinajstić information content (AvgIpc) is 2.28. The molecule has 0 amide bonds. The lowest BCUT2D eigenvalue weighted by molar-refractivity contribution is 0.174. The summed E-state index contributed by atoms with van der Waals surface area (Å²) >= 11 is 0. The minimum absolute atomic E-state index is 0.101. The largest absolute Gasteiger partial charge is 0.440 e. The first-order chi connectivity index (χ1) is 5.52. The molecule has 5 nitrogen and oxygen atoms in total. The first-order valence-corrected chi connectivity index (χ1v) is 3.84. The third-order valence-electron chi connectivity index (χ3n) is 1.93. The Kier molecular flexibility index (Phi) is 2.21. The van der Waals surface area contributed by atoms with E-state index in [1.165, 1.54) is 0 Å². The Morgan fingerprint density at radius 1 is 1.33 bits per heavy atom. The van der Waals surface area contributed by atoms with Gasteiger partial charge in [0.25, 0.3) is 0 Å². The third-order valence-corrected chi connectivity index (χ3v) is 1.93. The van der Waals surface area contributed by atoms with E-state index >= 15 is 0 Å². The summed E-state index contributed by atoms with van der Waals surface area (Å²) in [7, 11) is 0. The zero-order valence-corrected chi connectivity index (χ0v) is 7.33. The summed E-state index contributed by atoms with van der Waals surface area (Å²) in [6.07, 6.45) is 0. The van der Waals surface area contributed by atoms with Crippen LogP contribution in [0.4, 0.5) is 0 Å². The van der Waals surface area contributed by atoms with Gasteiger partial charge in [-0.05, 0) is 12.8 Å². The Balaban J connectivity index is 3.11. The molecule has 0 aliphatic heterocycles. The lowest BCUT2D eigenvalue weighted by Gasteiger charge is -2.12. The van der Waals surface area contributed by atoms with Crippen LogP contribution in [0.25, 0.3) is 0 Å². The molecule has 0 saturated carbocycles. The maximum absolute atomic E-state index is 11.0. The molecule has 1 unspecified atom stereocenters. The van der Waals surface area contributed by atoms with Crippen molar-refractivity contribution in [3.8, 4) is 0 Å². The number of hydrogen-bond acceptors (Lipinski definition) is 3. The number of nitrogens with zero attached hydrogens (tertiary/aromatic N) is 1. The second-order valence-electron chi connectivity index (χ2n) is 3.12. The zero-order valence-electron chi connectivity index (χ0n) is 7.33. The van der Waals surface area contributed by atoms with E-state index in [-0.39, 0.29) is 12.0 Å². The molecule has 1 aromatic heterocycles. The summed E-state index contributed by atoms with van der Waals surface area (Å²) in [6.45, 7) is 5.72.